The predicted molar refractivity (Wildman–Crippen MR) is 64.3 cm³/mol. The molecule has 4 heteroatoms. The second kappa shape index (κ2) is 4.93. The Morgan fingerprint density at radius 3 is 2.47 bits per heavy atom. The van der Waals surface area contributed by atoms with Crippen molar-refractivity contribution in [2.45, 2.75) is 50.2 Å². The van der Waals surface area contributed by atoms with Gasteiger partial charge >= 0.3 is 0 Å². The number of fused-ring (bicyclic) bond motifs is 2. The molecule has 0 spiro atoms. The van der Waals surface area contributed by atoms with Crippen LogP contribution in [0, 0.1) is 0 Å². The third-order valence-electron chi connectivity index (χ3n) is 3.77. The van der Waals surface area contributed by atoms with Crippen LogP contribution < -0.4 is 5.73 Å². The highest BCUT2D eigenvalue weighted by atomic mass is 32.2. The van der Waals surface area contributed by atoms with E-state index in [0.29, 0.717) is 6.04 Å². The summed E-state index contributed by atoms with van der Waals surface area (Å²) in [5.74, 6) is 0.849. The van der Waals surface area contributed by atoms with Crippen molar-refractivity contribution < 1.29 is 4.21 Å². The molecule has 0 amide bonds. The third kappa shape index (κ3) is 2.80. The Morgan fingerprint density at radius 1 is 1.33 bits per heavy atom. The van der Waals surface area contributed by atoms with Gasteiger partial charge in [0.15, 0.2) is 0 Å². The summed E-state index contributed by atoms with van der Waals surface area (Å²) in [4.78, 5) is 2.62. The molecular weight excluding hydrogens is 208 g/mol. The van der Waals surface area contributed by atoms with E-state index in [4.69, 9.17) is 5.73 Å². The maximum Gasteiger partial charge on any atom is 0.0244 e. The van der Waals surface area contributed by atoms with E-state index in [1.165, 1.54) is 25.7 Å². The molecule has 0 radical (unpaired) electrons. The van der Waals surface area contributed by atoms with Gasteiger partial charge in [-0.05, 0) is 38.6 Å². The predicted octanol–water partition coefficient (Wildman–Crippen LogP) is 0.709. The van der Waals surface area contributed by atoms with Gasteiger partial charge in [-0.1, -0.05) is 0 Å². The van der Waals surface area contributed by atoms with E-state index in [1.54, 1.807) is 6.26 Å². The minimum Gasteiger partial charge on any atom is -0.328 e. The third-order valence-corrected chi connectivity index (χ3v) is 4.63. The van der Waals surface area contributed by atoms with Crippen molar-refractivity contribution in [3.8, 4) is 0 Å². The molecule has 0 aromatic heterocycles. The number of hydrogen-bond acceptors (Lipinski definition) is 3. The van der Waals surface area contributed by atoms with Gasteiger partial charge in [-0.15, -0.1) is 0 Å². The number of hydrogen-bond donors (Lipinski definition) is 1. The fraction of sp³-hybridized carbons (Fsp3) is 1.00. The Hall–Kier alpha value is 0.0700. The summed E-state index contributed by atoms with van der Waals surface area (Å²) >= 11 is 0. The molecule has 0 aliphatic carbocycles. The second-order valence-corrected chi connectivity index (χ2v) is 6.54. The van der Waals surface area contributed by atoms with Gasteiger partial charge in [-0.2, -0.15) is 0 Å². The fourth-order valence-electron chi connectivity index (χ4n) is 3.13. The first kappa shape index (κ1) is 11.6. The Balaban J connectivity index is 1.81. The fourth-order valence-corrected chi connectivity index (χ4v) is 3.67. The molecule has 2 N–H and O–H groups in total. The average molecular weight is 230 g/mol. The smallest absolute Gasteiger partial charge is 0.0244 e. The SMILES string of the molecule is CS(=O)CCCN1C2CCC1CC(N)C2. The molecule has 2 fully saturated rings. The highest BCUT2D eigenvalue weighted by Gasteiger charge is 2.38. The second-order valence-electron chi connectivity index (χ2n) is 4.99. The summed E-state index contributed by atoms with van der Waals surface area (Å²) in [5.41, 5.74) is 6.02. The normalized spacial score (nSPS) is 38.1. The van der Waals surface area contributed by atoms with E-state index in [1.807, 2.05) is 0 Å². The highest BCUT2D eigenvalue weighted by molar-refractivity contribution is 7.84. The monoisotopic (exact) mass is 230 g/mol. The van der Waals surface area contributed by atoms with Crippen LogP contribution in [0.15, 0.2) is 0 Å². The lowest BCUT2D eigenvalue weighted by Crippen LogP contribution is -2.47. The van der Waals surface area contributed by atoms with Gasteiger partial charge in [0.1, 0.15) is 0 Å². The summed E-state index contributed by atoms with van der Waals surface area (Å²) in [6.07, 6.45) is 7.87. The minimum absolute atomic E-state index is 0.430. The summed E-state index contributed by atoms with van der Waals surface area (Å²) in [7, 11) is -0.630. The maximum absolute atomic E-state index is 11.0. The molecule has 15 heavy (non-hydrogen) atoms. The molecule has 2 heterocycles. The van der Waals surface area contributed by atoms with E-state index in [0.717, 1.165) is 30.8 Å². The molecule has 0 aromatic rings. The summed E-state index contributed by atoms with van der Waals surface area (Å²) in [6.45, 7) is 1.13. The van der Waals surface area contributed by atoms with Crippen molar-refractivity contribution in [1.82, 2.24) is 4.90 Å². The molecule has 0 saturated carbocycles. The zero-order valence-corrected chi connectivity index (χ0v) is 10.3. The maximum atomic E-state index is 11.0. The van der Waals surface area contributed by atoms with Gasteiger partial charge in [0.2, 0.25) is 0 Å². The van der Waals surface area contributed by atoms with E-state index < -0.39 is 10.8 Å². The summed E-state index contributed by atoms with van der Waals surface area (Å²) < 4.78 is 11.0. The molecule has 0 aromatic carbocycles. The van der Waals surface area contributed by atoms with E-state index in [2.05, 4.69) is 4.90 Å². The van der Waals surface area contributed by atoms with Crippen LogP contribution in [-0.2, 0) is 10.8 Å². The molecule has 2 bridgehead atoms. The topological polar surface area (TPSA) is 46.3 Å². The largest absolute Gasteiger partial charge is 0.328 e. The quantitative estimate of drug-likeness (QED) is 0.773. The van der Waals surface area contributed by atoms with Crippen LogP contribution in [0.4, 0.5) is 0 Å². The standard InChI is InChI=1S/C11H22N2OS/c1-15(14)6-2-5-13-10-3-4-11(13)8-9(12)7-10/h9-11H,2-8,12H2,1H3. The summed E-state index contributed by atoms with van der Waals surface area (Å²) in [6, 6.07) is 1.88. The van der Waals surface area contributed by atoms with Crippen molar-refractivity contribution in [1.29, 1.82) is 0 Å². The van der Waals surface area contributed by atoms with Gasteiger partial charge in [-0.25, -0.2) is 0 Å². The van der Waals surface area contributed by atoms with Gasteiger partial charge < -0.3 is 5.73 Å². The van der Waals surface area contributed by atoms with Crippen LogP contribution in [-0.4, -0.2) is 45.8 Å². The van der Waals surface area contributed by atoms with Gasteiger partial charge in [0.25, 0.3) is 0 Å². The minimum atomic E-state index is -0.630. The van der Waals surface area contributed by atoms with Crippen molar-refractivity contribution in [3.63, 3.8) is 0 Å². The number of nitrogens with zero attached hydrogens (tertiary/aromatic N) is 1. The van der Waals surface area contributed by atoms with Crippen LogP contribution in [0.2, 0.25) is 0 Å². The molecule has 2 saturated heterocycles. The Morgan fingerprint density at radius 2 is 1.93 bits per heavy atom. The Labute approximate surface area is 94.9 Å². The van der Waals surface area contributed by atoms with Crippen molar-refractivity contribution >= 4 is 10.8 Å². The van der Waals surface area contributed by atoms with Gasteiger partial charge in [-0.3, -0.25) is 9.11 Å². The molecule has 3 atom stereocenters. The lowest BCUT2D eigenvalue weighted by Gasteiger charge is -2.37. The molecule has 2 rings (SSSR count). The van der Waals surface area contributed by atoms with E-state index in [-0.39, 0.29) is 0 Å². The molecule has 3 nitrogen and oxygen atoms in total. The molecule has 3 unspecified atom stereocenters. The number of rotatable bonds is 4. The van der Waals surface area contributed by atoms with Crippen LogP contribution >= 0.6 is 0 Å². The van der Waals surface area contributed by atoms with Gasteiger partial charge in [0, 0.05) is 40.9 Å². The van der Waals surface area contributed by atoms with Crippen LogP contribution in [0.1, 0.15) is 32.1 Å². The molecule has 2 aliphatic rings. The van der Waals surface area contributed by atoms with E-state index in [9.17, 15) is 4.21 Å². The first-order valence-electron chi connectivity index (χ1n) is 5.98. The molecule has 2 aliphatic heterocycles. The van der Waals surface area contributed by atoms with Crippen molar-refractivity contribution in [3.05, 3.63) is 0 Å². The first-order valence-corrected chi connectivity index (χ1v) is 7.71. The summed E-state index contributed by atoms with van der Waals surface area (Å²) in [5, 5.41) is 0. The zero-order chi connectivity index (χ0) is 10.8. The lowest BCUT2D eigenvalue weighted by molar-refractivity contribution is 0.128. The van der Waals surface area contributed by atoms with Crippen LogP contribution in [0.25, 0.3) is 0 Å². The first-order chi connectivity index (χ1) is 7.16. The lowest BCUT2D eigenvalue weighted by atomic mass is 9.98. The van der Waals surface area contributed by atoms with E-state index >= 15 is 0 Å². The number of piperidine rings is 1. The van der Waals surface area contributed by atoms with Crippen LogP contribution in [0.5, 0.6) is 0 Å². The van der Waals surface area contributed by atoms with Crippen molar-refractivity contribution in [2.24, 2.45) is 5.73 Å². The molecular formula is C11H22N2OS. The Bertz CT molecular complexity index is 233. The van der Waals surface area contributed by atoms with Crippen LogP contribution in [0.3, 0.4) is 0 Å². The van der Waals surface area contributed by atoms with Crippen molar-refractivity contribution in [2.75, 3.05) is 18.6 Å². The highest BCUT2D eigenvalue weighted by Crippen LogP contribution is 2.34. The average Bonchev–Trinajstić information content (AvgIpc) is 2.42. The van der Waals surface area contributed by atoms with Gasteiger partial charge in [0.05, 0.1) is 0 Å². The molecule has 88 valence electrons. The zero-order valence-electron chi connectivity index (χ0n) is 9.52. The Kier molecular flexibility index (Phi) is 3.80. The number of nitrogens with two attached hydrogens (primary N) is 1.